The van der Waals surface area contributed by atoms with Crippen LogP contribution in [0.3, 0.4) is 0 Å². The zero-order valence-electron chi connectivity index (χ0n) is 12.8. The van der Waals surface area contributed by atoms with Crippen molar-refractivity contribution >= 4 is 16.1 Å². The standard InChI is InChI=1S/C15H25N3O3S/c19-14(9-18-3-1-2-16-22(18,20)21)17-15-12-5-10-4-11(7-12)8-13(15)6-10/h10-13,15-16H,1-9H2,(H,17,19). The fraction of sp³-hybridized carbons (Fsp3) is 0.933. The van der Waals surface area contributed by atoms with Crippen molar-refractivity contribution in [3.63, 3.8) is 0 Å². The van der Waals surface area contributed by atoms with E-state index in [0.717, 1.165) is 18.3 Å². The van der Waals surface area contributed by atoms with Crippen molar-refractivity contribution in [1.29, 1.82) is 0 Å². The quantitative estimate of drug-likeness (QED) is 0.791. The van der Waals surface area contributed by atoms with E-state index in [1.165, 1.54) is 36.4 Å². The molecule has 1 saturated heterocycles. The van der Waals surface area contributed by atoms with Crippen molar-refractivity contribution in [2.24, 2.45) is 23.7 Å². The van der Waals surface area contributed by atoms with Gasteiger partial charge in [-0.3, -0.25) is 4.79 Å². The first-order chi connectivity index (χ1) is 10.5. The third-order valence-electron chi connectivity index (χ3n) is 6.08. The molecular formula is C15H25N3O3S. The van der Waals surface area contributed by atoms with E-state index in [0.29, 0.717) is 24.9 Å². The molecular weight excluding hydrogens is 302 g/mol. The first-order valence-corrected chi connectivity index (χ1v) is 9.99. The van der Waals surface area contributed by atoms with Crippen LogP contribution in [0, 0.1) is 23.7 Å². The van der Waals surface area contributed by atoms with E-state index in [4.69, 9.17) is 0 Å². The molecule has 1 amide bonds. The largest absolute Gasteiger partial charge is 0.352 e. The number of carbonyl (C=O) groups excluding carboxylic acids is 1. The predicted molar refractivity (Wildman–Crippen MR) is 82.1 cm³/mol. The smallest absolute Gasteiger partial charge is 0.279 e. The van der Waals surface area contributed by atoms with Gasteiger partial charge in [-0.15, -0.1) is 0 Å². The monoisotopic (exact) mass is 327 g/mol. The van der Waals surface area contributed by atoms with Gasteiger partial charge in [0.25, 0.3) is 10.2 Å². The van der Waals surface area contributed by atoms with Crippen LogP contribution >= 0.6 is 0 Å². The van der Waals surface area contributed by atoms with Crippen LogP contribution in [-0.2, 0) is 15.0 Å². The topological polar surface area (TPSA) is 78.5 Å². The van der Waals surface area contributed by atoms with Crippen LogP contribution in [0.15, 0.2) is 0 Å². The lowest BCUT2D eigenvalue weighted by molar-refractivity contribution is -0.125. The van der Waals surface area contributed by atoms with Gasteiger partial charge in [-0.05, 0) is 62.2 Å². The molecule has 6 nitrogen and oxygen atoms in total. The second-order valence-corrected chi connectivity index (χ2v) is 9.37. The van der Waals surface area contributed by atoms with E-state index in [2.05, 4.69) is 10.0 Å². The Bertz CT molecular complexity index is 534. The Morgan fingerprint density at radius 1 is 1.09 bits per heavy atom. The second kappa shape index (κ2) is 5.46. The highest BCUT2D eigenvalue weighted by Gasteiger charge is 2.48. The van der Waals surface area contributed by atoms with Gasteiger partial charge in [0.1, 0.15) is 0 Å². The highest BCUT2D eigenvalue weighted by atomic mass is 32.2. The summed E-state index contributed by atoms with van der Waals surface area (Å²) >= 11 is 0. The Morgan fingerprint density at radius 3 is 2.32 bits per heavy atom. The molecule has 4 saturated carbocycles. The molecule has 0 aromatic heterocycles. The van der Waals surface area contributed by atoms with Crippen molar-refractivity contribution in [2.45, 2.75) is 44.6 Å². The van der Waals surface area contributed by atoms with Gasteiger partial charge in [-0.25, -0.2) is 4.72 Å². The first kappa shape index (κ1) is 14.9. The summed E-state index contributed by atoms with van der Waals surface area (Å²) in [6, 6.07) is 0.278. The van der Waals surface area contributed by atoms with Crippen molar-refractivity contribution in [3.05, 3.63) is 0 Å². The van der Waals surface area contributed by atoms with Gasteiger partial charge < -0.3 is 5.32 Å². The van der Waals surface area contributed by atoms with Gasteiger partial charge in [0.15, 0.2) is 0 Å². The van der Waals surface area contributed by atoms with Crippen LogP contribution in [0.4, 0.5) is 0 Å². The van der Waals surface area contributed by atoms with Gasteiger partial charge in [0.2, 0.25) is 5.91 Å². The van der Waals surface area contributed by atoms with E-state index in [1.807, 2.05) is 0 Å². The van der Waals surface area contributed by atoms with Crippen LogP contribution in [0.1, 0.15) is 38.5 Å². The summed E-state index contributed by atoms with van der Waals surface area (Å²) in [6.45, 7) is 0.860. The van der Waals surface area contributed by atoms with E-state index in [9.17, 15) is 13.2 Å². The molecule has 5 rings (SSSR count). The Labute approximate surface area is 132 Å². The highest BCUT2D eigenvalue weighted by molar-refractivity contribution is 7.87. The summed E-state index contributed by atoms with van der Waals surface area (Å²) in [7, 11) is -3.46. The molecule has 0 spiro atoms. The van der Waals surface area contributed by atoms with Gasteiger partial charge in [0.05, 0.1) is 6.54 Å². The van der Waals surface area contributed by atoms with Crippen molar-refractivity contribution in [1.82, 2.24) is 14.3 Å². The molecule has 5 aliphatic rings. The number of nitrogens with zero attached hydrogens (tertiary/aromatic N) is 1. The van der Waals surface area contributed by atoms with Gasteiger partial charge in [-0.1, -0.05) is 0 Å². The molecule has 0 aromatic carbocycles. The summed E-state index contributed by atoms with van der Waals surface area (Å²) in [6.07, 6.45) is 7.15. The summed E-state index contributed by atoms with van der Waals surface area (Å²) in [4.78, 5) is 12.3. The van der Waals surface area contributed by atoms with Crippen LogP contribution in [0.5, 0.6) is 0 Å². The molecule has 4 aliphatic carbocycles. The maximum absolute atomic E-state index is 12.3. The number of amides is 1. The zero-order chi connectivity index (χ0) is 15.3. The molecule has 4 bridgehead atoms. The minimum absolute atomic E-state index is 0.0435. The minimum Gasteiger partial charge on any atom is -0.352 e. The summed E-state index contributed by atoms with van der Waals surface area (Å²) in [5.41, 5.74) is 0. The Hall–Kier alpha value is -0.660. The lowest BCUT2D eigenvalue weighted by atomic mass is 9.54. The van der Waals surface area contributed by atoms with E-state index < -0.39 is 10.2 Å². The highest BCUT2D eigenvalue weighted by Crippen LogP contribution is 2.53. The SMILES string of the molecule is O=C(CN1CCCNS1(=O)=O)NC1C2CC3CC(C2)CC1C3. The molecule has 1 heterocycles. The third kappa shape index (κ3) is 2.67. The van der Waals surface area contributed by atoms with E-state index in [1.54, 1.807) is 0 Å². The van der Waals surface area contributed by atoms with Crippen molar-refractivity contribution < 1.29 is 13.2 Å². The van der Waals surface area contributed by atoms with Crippen LogP contribution in [0.2, 0.25) is 0 Å². The Morgan fingerprint density at radius 2 is 1.73 bits per heavy atom. The molecule has 2 N–H and O–H groups in total. The fourth-order valence-electron chi connectivity index (χ4n) is 5.38. The molecule has 0 unspecified atom stereocenters. The van der Waals surface area contributed by atoms with Gasteiger partial charge >= 0.3 is 0 Å². The third-order valence-corrected chi connectivity index (χ3v) is 7.64. The number of carbonyl (C=O) groups is 1. The number of hydrogen-bond donors (Lipinski definition) is 2. The molecule has 7 heteroatoms. The molecule has 1 aliphatic heterocycles. The molecule has 5 fully saturated rings. The molecule has 124 valence electrons. The van der Waals surface area contributed by atoms with Crippen LogP contribution in [-0.4, -0.2) is 44.3 Å². The molecule has 22 heavy (non-hydrogen) atoms. The average Bonchev–Trinajstić information content (AvgIpc) is 2.44. The molecule has 0 atom stereocenters. The predicted octanol–water partition coefficient (Wildman–Crippen LogP) is 0.467. The number of rotatable bonds is 3. The minimum atomic E-state index is -3.46. The maximum atomic E-state index is 12.3. The fourth-order valence-corrected chi connectivity index (χ4v) is 6.63. The molecule has 0 aromatic rings. The van der Waals surface area contributed by atoms with Crippen LogP contribution in [0.25, 0.3) is 0 Å². The normalized spacial score (nSPS) is 43.2. The van der Waals surface area contributed by atoms with Crippen LogP contribution < -0.4 is 10.0 Å². The average molecular weight is 327 g/mol. The number of nitrogens with one attached hydrogen (secondary N) is 2. The van der Waals surface area contributed by atoms with Crippen molar-refractivity contribution in [2.75, 3.05) is 19.6 Å². The summed E-state index contributed by atoms with van der Waals surface area (Å²) in [5, 5.41) is 3.17. The second-order valence-electron chi connectivity index (χ2n) is 7.61. The Balaban J connectivity index is 1.38. The maximum Gasteiger partial charge on any atom is 0.279 e. The van der Waals surface area contributed by atoms with E-state index in [-0.39, 0.29) is 18.5 Å². The first-order valence-electron chi connectivity index (χ1n) is 8.55. The lowest BCUT2D eigenvalue weighted by Gasteiger charge is -2.54. The number of hydrogen-bond acceptors (Lipinski definition) is 3. The van der Waals surface area contributed by atoms with Gasteiger partial charge in [-0.2, -0.15) is 12.7 Å². The van der Waals surface area contributed by atoms with E-state index >= 15 is 0 Å². The summed E-state index contributed by atoms with van der Waals surface area (Å²) < 4.78 is 27.5. The lowest BCUT2D eigenvalue weighted by Crippen LogP contribution is -2.58. The summed E-state index contributed by atoms with van der Waals surface area (Å²) in [5.74, 6) is 2.86. The Kier molecular flexibility index (Phi) is 3.70. The zero-order valence-corrected chi connectivity index (χ0v) is 13.6. The molecule has 0 radical (unpaired) electrons. The van der Waals surface area contributed by atoms with Gasteiger partial charge in [0, 0.05) is 19.1 Å². The van der Waals surface area contributed by atoms with Crippen molar-refractivity contribution in [3.8, 4) is 0 Å².